The Kier molecular flexibility index (Phi) is 5.43. The van der Waals surface area contributed by atoms with Gasteiger partial charge in [-0.25, -0.2) is 14.8 Å². The summed E-state index contributed by atoms with van der Waals surface area (Å²) in [5, 5.41) is 2.83. The van der Waals surface area contributed by atoms with Crippen molar-refractivity contribution in [2.75, 3.05) is 12.3 Å². The second kappa shape index (κ2) is 8.70. The van der Waals surface area contributed by atoms with E-state index in [1.165, 1.54) is 0 Å². The number of hydrogen-bond donors (Lipinski definition) is 2. The molecule has 0 aliphatic rings. The van der Waals surface area contributed by atoms with Crippen LogP contribution in [-0.4, -0.2) is 33.0 Å². The molecule has 3 N–H and O–H groups in total. The average Bonchev–Trinajstić information content (AvgIpc) is 3.47. The van der Waals surface area contributed by atoms with Crippen LogP contribution in [0, 0.1) is 0 Å². The van der Waals surface area contributed by atoms with Gasteiger partial charge in [0.05, 0.1) is 36.0 Å². The quantitative estimate of drug-likeness (QED) is 0.373. The number of benzene rings is 2. The van der Waals surface area contributed by atoms with Crippen LogP contribution >= 0.6 is 0 Å². The van der Waals surface area contributed by atoms with Crippen LogP contribution < -0.4 is 11.1 Å². The van der Waals surface area contributed by atoms with Gasteiger partial charge in [-0.15, -0.1) is 0 Å². The van der Waals surface area contributed by atoms with Crippen LogP contribution in [0.2, 0.25) is 0 Å². The first-order valence-corrected chi connectivity index (χ1v) is 10.7. The Morgan fingerprint density at radius 1 is 1.03 bits per heavy atom. The standard InChI is InChI=1S/C25H21N5O4/c1-2-33-25(32)15-9-11-16(12-10-15)30-22(26)20(24(31)27-14-17-6-5-13-34-17)21-23(30)29-19-8-4-3-7-18(19)28-21/h3-13H,2,14,26H2,1H3,(H,27,31). The first-order valence-electron chi connectivity index (χ1n) is 10.7. The van der Waals surface area contributed by atoms with Gasteiger partial charge >= 0.3 is 5.97 Å². The molecule has 0 atom stereocenters. The van der Waals surface area contributed by atoms with E-state index in [0.29, 0.717) is 39.2 Å². The molecule has 9 heteroatoms. The van der Waals surface area contributed by atoms with E-state index >= 15 is 0 Å². The molecule has 0 aliphatic carbocycles. The van der Waals surface area contributed by atoms with Crippen molar-refractivity contribution in [3.8, 4) is 5.69 Å². The molecule has 3 aromatic heterocycles. The van der Waals surface area contributed by atoms with Crippen LogP contribution in [0.5, 0.6) is 0 Å². The molecule has 0 aliphatic heterocycles. The molecule has 0 saturated heterocycles. The number of fused-ring (bicyclic) bond motifs is 2. The largest absolute Gasteiger partial charge is 0.467 e. The third-order valence-corrected chi connectivity index (χ3v) is 5.36. The molecule has 5 rings (SSSR count). The Morgan fingerprint density at radius 2 is 1.76 bits per heavy atom. The minimum Gasteiger partial charge on any atom is -0.467 e. The predicted molar refractivity (Wildman–Crippen MR) is 127 cm³/mol. The maximum absolute atomic E-state index is 13.2. The molecule has 0 saturated carbocycles. The minimum atomic E-state index is -0.414. The van der Waals surface area contributed by atoms with Crippen molar-refractivity contribution in [3.05, 3.63) is 83.8 Å². The van der Waals surface area contributed by atoms with Gasteiger partial charge in [0.25, 0.3) is 5.91 Å². The lowest BCUT2D eigenvalue weighted by Crippen LogP contribution is -2.23. The number of aromatic nitrogens is 3. The molecule has 5 aromatic rings. The van der Waals surface area contributed by atoms with Crippen LogP contribution in [-0.2, 0) is 11.3 Å². The first-order chi connectivity index (χ1) is 16.6. The van der Waals surface area contributed by atoms with Gasteiger partial charge in [0, 0.05) is 5.69 Å². The van der Waals surface area contributed by atoms with Crippen molar-refractivity contribution in [2.24, 2.45) is 0 Å². The predicted octanol–water partition coefficient (Wildman–Crippen LogP) is 3.86. The van der Waals surface area contributed by atoms with Gasteiger partial charge in [-0.05, 0) is 55.5 Å². The lowest BCUT2D eigenvalue weighted by Gasteiger charge is -2.09. The molecule has 0 spiro atoms. The molecule has 3 heterocycles. The number of nitrogens with two attached hydrogens (primary N) is 1. The third kappa shape index (κ3) is 3.73. The van der Waals surface area contributed by atoms with E-state index in [-0.39, 0.29) is 24.5 Å². The third-order valence-electron chi connectivity index (χ3n) is 5.36. The van der Waals surface area contributed by atoms with E-state index in [9.17, 15) is 9.59 Å². The van der Waals surface area contributed by atoms with Crippen molar-refractivity contribution in [1.82, 2.24) is 19.9 Å². The minimum absolute atomic E-state index is 0.186. The van der Waals surface area contributed by atoms with Crippen LogP contribution in [0.4, 0.5) is 5.82 Å². The molecular weight excluding hydrogens is 434 g/mol. The first kappa shape index (κ1) is 21.2. The number of furan rings is 1. The summed E-state index contributed by atoms with van der Waals surface area (Å²) in [6.45, 7) is 2.24. The normalized spacial score (nSPS) is 11.1. The number of nitrogen functional groups attached to an aromatic ring is 1. The number of carbonyl (C=O) groups is 2. The number of nitrogens with one attached hydrogen (secondary N) is 1. The maximum atomic E-state index is 13.2. The zero-order chi connectivity index (χ0) is 23.7. The molecule has 0 fully saturated rings. The number of para-hydroxylation sites is 2. The zero-order valence-electron chi connectivity index (χ0n) is 18.3. The Hall–Kier alpha value is -4.66. The molecule has 170 valence electrons. The fourth-order valence-electron chi connectivity index (χ4n) is 3.78. The number of ether oxygens (including phenoxy) is 1. The van der Waals surface area contributed by atoms with Crippen molar-refractivity contribution in [3.63, 3.8) is 0 Å². The van der Waals surface area contributed by atoms with Gasteiger partial charge in [-0.1, -0.05) is 12.1 Å². The van der Waals surface area contributed by atoms with E-state index < -0.39 is 11.9 Å². The fourth-order valence-corrected chi connectivity index (χ4v) is 3.78. The second-order valence-corrected chi connectivity index (χ2v) is 7.51. The summed E-state index contributed by atoms with van der Waals surface area (Å²) in [5.41, 5.74) is 9.89. The number of carbonyl (C=O) groups excluding carboxylic acids is 2. The highest BCUT2D eigenvalue weighted by Crippen LogP contribution is 2.31. The Bertz CT molecular complexity index is 1500. The molecule has 9 nitrogen and oxygen atoms in total. The summed E-state index contributed by atoms with van der Waals surface area (Å²) < 4.78 is 12.0. The van der Waals surface area contributed by atoms with Crippen LogP contribution in [0.15, 0.2) is 71.3 Å². The number of nitrogens with zero attached hydrogens (tertiary/aromatic N) is 3. The lowest BCUT2D eigenvalue weighted by molar-refractivity contribution is 0.0526. The number of hydrogen-bond acceptors (Lipinski definition) is 7. The van der Waals surface area contributed by atoms with E-state index in [1.54, 1.807) is 54.2 Å². The monoisotopic (exact) mass is 455 g/mol. The summed E-state index contributed by atoms with van der Waals surface area (Å²) in [5.74, 6) is -0.0126. The number of rotatable bonds is 6. The number of esters is 1. The number of anilines is 1. The Morgan fingerprint density at radius 3 is 2.44 bits per heavy atom. The van der Waals surface area contributed by atoms with Crippen LogP contribution in [0.1, 0.15) is 33.4 Å². The Balaban J connectivity index is 1.63. The van der Waals surface area contributed by atoms with Gasteiger partial charge < -0.3 is 20.2 Å². The number of amides is 1. The zero-order valence-corrected chi connectivity index (χ0v) is 18.3. The molecule has 0 radical (unpaired) electrons. The van der Waals surface area contributed by atoms with Gasteiger partial charge in [0.1, 0.15) is 22.7 Å². The molecule has 1 amide bonds. The van der Waals surface area contributed by atoms with Crippen molar-refractivity contribution >= 4 is 39.9 Å². The lowest BCUT2D eigenvalue weighted by atomic mass is 10.2. The molecule has 2 aromatic carbocycles. The van der Waals surface area contributed by atoms with E-state index in [0.717, 1.165) is 0 Å². The van der Waals surface area contributed by atoms with Gasteiger partial charge in [0.15, 0.2) is 5.65 Å². The summed E-state index contributed by atoms with van der Waals surface area (Å²) in [6.07, 6.45) is 1.54. The SMILES string of the molecule is CCOC(=O)c1ccc(-n2c(N)c(C(=O)NCc3ccco3)c3nc4ccccc4nc32)cc1. The van der Waals surface area contributed by atoms with Gasteiger partial charge in [-0.3, -0.25) is 9.36 Å². The summed E-state index contributed by atoms with van der Waals surface area (Å²) in [7, 11) is 0. The van der Waals surface area contributed by atoms with Crippen LogP contribution in [0.3, 0.4) is 0 Å². The maximum Gasteiger partial charge on any atom is 0.338 e. The van der Waals surface area contributed by atoms with E-state index in [1.807, 2.05) is 24.3 Å². The summed E-state index contributed by atoms with van der Waals surface area (Å²) in [4.78, 5) is 34.7. The molecule has 34 heavy (non-hydrogen) atoms. The smallest absolute Gasteiger partial charge is 0.338 e. The summed E-state index contributed by atoms with van der Waals surface area (Å²) in [6, 6.07) is 17.6. The topological polar surface area (TPSA) is 125 Å². The van der Waals surface area contributed by atoms with E-state index in [2.05, 4.69) is 5.32 Å². The molecular formula is C25H21N5O4. The van der Waals surface area contributed by atoms with E-state index in [4.69, 9.17) is 24.9 Å². The van der Waals surface area contributed by atoms with Gasteiger partial charge in [0.2, 0.25) is 0 Å². The highest BCUT2D eigenvalue weighted by atomic mass is 16.5. The molecule has 0 bridgehead atoms. The van der Waals surface area contributed by atoms with Crippen molar-refractivity contribution < 1.29 is 18.7 Å². The van der Waals surface area contributed by atoms with Crippen molar-refractivity contribution in [2.45, 2.75) is 13.5 Å². The van der Waals surface area contributed by atoms with Crippen molar-refractivity contribution in [1.29, 1.82) is 0 Å². The average molecular weight is 455 g/mol. The Labute approximate surface area is 194 Å². The highest BCUT2D eigenvalue weighted by molar-refractivity contribution is 6.11. The fraction of sp³-hybridized carbons (Fsp3) is 0.120. The van der Waals surface area contributed by atoms with Gasteiger partial charge in [-0.2, -0.15) is 0 Å². The summed E-state index contributed by atoms with van der Waals surface area (Å²) >= 11 is 0. The van der Waals surface area contributed by atoms with Crippen LogP contribution in [0.25, 0.3) is 27.9 Å². The second-order valence-electron chi connectivity index (χ2n) is 7.51. The molecule has 0 unspecified atom stereocenters. The highest BCUT2D eigenvalue weighted by Gasteiger charge is 2.25.